The van der Waals surface area contributed by atoms with E-state index in [1.54, 1.807) is 6.07 Å². The van der Waals surface area contributed by atoms with Crippen LogP contribution in [0.2, 0.25) is 0 Å². The molecule has 0 saturated heterocycles. The molecule has 0 unspecified atom stereocenters. The molecular formula is C14H12N2O4. The van der Waals surface area contributed by atoms with Crippen LogP contribution in [0.3, 0.4) is 0 Å². The van der Waals surface area contributed by atoms with E-state index in [4.69, 9.17) is 4.42 Å². The van der Waals surface area contributed by atoms with Crippen molar-refractivity contribution in [3.05, 3.63) is 63.9 Å². The number of nitrogens with one attached hydrogen (secondary N) is 1. The molecule has 20 heavy (non-hydrogen) atoms. The van der Waals surface area contributed by atoms with Crippen molar-refractivity contribution in [2.24, 2.45) is 0 Å². The van der Waals surface area contributed by atoms with E-state index >= 15 is 0 Å². The Morgan fingerprint density at radius 1 is 1.35 bits per heavy atom. The van der Waals surface area contributed by atoms with Crippen LogP contribution in [0.15, 0.2) is 46.9 Å². The first kappa shape index (κ1) is 13.5. The van der Waals surface area contributed by atoms with Gasteiger partial charge in [0.1, 0.15) is 10.7 Å². The Hall–Kier alpha value is -2.89. The summed E-state index contributed by atoms with van der Waals surface area (Å²) in [5.74, 6) is -0.450. The van der Waals surface area contributed by atoms with Gasteiger partial charge in [-0.3, -0.25) is 14.9 Å². The molecule has 0 aliphatic rings. The third-order valence-electron chi connectivity index (χ3n) is 2.48. The number of carbonyl (C=O) groups is 1. The van der Waals surface area contributed by atoms with Crippen LogP contribution in [0.1, 0.15) is 11.3 Å². The summed E-state index contributed by atoms with van der Waals surface area (Å²) in [5.41, 5.74) is 1.72. The molecule has 2 aromatic rings. The molecule has 1 heterocycles. The molecule has 2 rings (SSSR count). The van der Waals surface area contributed by atoms with Crippen molar-refractivity contribution < 1.29 is 14.1 Å². The number of carbonyl (C=O) groups excluding carboxylic acids is 1. The molecule has 6 heteroatoms. The van der Waals surface area contributed by atoms with E-state index < -0.39 is 4.92 Å². The van der Waals surface area contributed by atoms with Crippen LogP contribution in [0, 0.1) is 17.0 Å². The maximum Gasteiger partial charge on any atom is 0.433 e. The molecule has 0 fully saturated rings. The van der Waals surface area contributed by atoms with Gasteiger partial charge in [0.2, 0.25) is 5.91 Å². The highest BCUT2D eigenvalue weighted by Crippen LogP contribution is 2.16. The van der Waals surface area contributed by atoms with Crippen LogP contribution in [0.5, 0.6) is 0 Å². The summed E-state index contributed by atoms with van der Waals surface area (Å²) < 4.78 is 4.90. The normalized spacial score (nSPS) is 10.7. The van der Waals surface area contributed by atoms with E-state index in [0.717, 1.165) is 5.56 Å². The molecule has 1 aromatic carbocycles. The van der Waals surface area contributed by atoms with Crippen LogP contribution in [0.25, 0.3) is 6.08 Å². The SMILES string of the molecule is Cc1cccc(NC(=O)/C=C/c2ccc([N+](=O)[O-])o2)c1. The minimum atomic E-state index is -0.635. The van der Waals surface area contributed by atoms with Crippen LogP contribution >= 0.6 is 0 Å². The molecule has 0 aliphatic heterocycles. The van der Waals surface area contributed by atoms with Gasteiger partial charge in [-0.1, -0.05) is 12.1 Å². The van der Waals surface area contributed by atoms with Gasteiger partial charge in [0.05, 0.1) is 6.07 Å². The average Bonchev–Trinajstić information content (AvgIpc) is 2.85. The molecule has 102 valence electrons. The minimum Gasteiger partial charge on any atom is -0.401 e. The zero-order chi connectivity index (χ0) is 14.5. The lowest BCUT2D eigenvalue weighted by atomic mass is 10.2. The van der Waals surface area contributed by atoms with Crippen molar-refractivity contribution in [3.8, 4) is 0 Å². The van der Waals surface area contributed by atoms with Crippen molar-refractivity contribution in [1.29, 1.82) is 0 Å². The first-order valence-corrected chi connectivity index (χ1v) is 5.84. The number of hydrogen-bond acceptors (Lipinski definition) is 4. The molecule has 0 atom stereocenters. The van der Waals surface area contributed by atoms with Crippen molar-refractivity contribution in [2.75, 3.05) is 5.32 Å². The third-order valence-corrected chi connectivity index (χ3v) is 2.48. The van der Waals surface area contributed by atoms with Crippen LogP contribution in [-0.4, -0.2) is 10.8 Å². The van der Waals surface area contributed by atoms with E-state index in [0.29, 0.717) is 5.69 Å². The molecule has 0 bridgehead atoms. The minimum absolute atomic E-state index is 0.246. The highest BCUT2D eigenvalue weighted by molar-refractivity contribution is 6.01. The van der Waals surface area contributed by atoms with Gasteiger partial charge in [0.25, 0.3) is 0 Å². The summed E-state index contributed by atoms with van der Waals surface area (Å²) >= 11 is 0. The fourth-order valence-corrected chi connectivity index (χ4v) is 1.59. The van der Waals surface area contributed by atoms with Gasteiger partial charge in [-0.05, 0) is 36.8 Å². The van der Waals surface area contributed by atoms with E-state index in [-0.39, 0.29) is 17.6 Å². The first-order valence-electron chi connectivity index (χ1n) is 5.84. The molecule has 0 aliphatic carbocycles. The zero-order valence-electron chi connectivity index (χ0n) is 10.7. The second-order valence-electron chi connectivity index (χ2n) is 4.13. The Labute approximate surface area is 114 Å². The van der Waals surface area contributed by atoms with Gasteiger partial charge in [0, 0.05) is 11.8 Å². The fraction of sp³-hybridized carbons (Fsp3) is 0.0714. The predicted octanol–water partition coefficient (Wildman–Crippen LogP) is 3.15. The van der Waals surface area contributed by atoms with E-state index in [1.165, 1.54) is 24.3 Å². The predicted molar refractivity (Wildman–Crippen MR) is 74.2 cm³/mol. The van der Waals surface area contributed by atoms with Gasteiger partial charge in [-0.15, -0.1) is 0 Å². The molecule has 0 spiro atoms. The molecule has 6 nitrogen and oxygen atoms in total. The quantitative estimate of drug-likeness (QED) is 0.526. The number of rotatable bonds is 4. The second kappa shape index (κ2) is 5.83. The van der Waals surface area contributed by atoms with Crippen molar-refractivity contribution >= 4 is 23.6 Å². The smallest absolute Gasteiger partial charge is 0.401 e. The van der Waals surface area contributed by atoms with Gasteiger partial charge >= 0.3 is 5.88 Å². The molecule has 1 aromatic heterocycles. The monoisotopic (exact) mass is 272 g/mol. The fourth-order valence-electron chi connectivity index (χ4n) is 1.59. The Balaban J connectivity index is 2.00. The maximum atomic E-state index is 11.7. The standard InChI is InChI=1S/C14H12N2O4/c1-10-3-2-4-11(9-10)15-13(17)7-5-12-6-8-14(20-12)16(18)19/h2-9H,1H3,(H,15,17)/b7-5+. The number of hydrogen-bond donors (Lipinski definition) is 1. The summed E-state index contributed by atoms with van der Waals surface area (Å²) in [6.45, 7) is 1.92. The van der Waals surface area contributed by atoms with Crippen LogP contribution in [0.4, 0.5) is 11.6 Å². The lowest BCUT2D eigenvalue weighted by Gasteiger charge is -2.02. The van der Waals surface area contributed by atoms with Gasteiger partial charge in [-0.2, -0.15) is 0 Å². The number of anilines is 1. The van der Waals surface area contributed by atoms with Crippen molar-refractivity contribution in [2.45, 2.75) is 6.92 Å². The van der Waals surface area contributed by atoms with Gasteiger partial charge in [0.15, 0.2) is 0 Å². The zero-order valence-corrected chi connectivity index (χ0v) is 10.7. The third kappa shape index (κ3) is 3.55. The number of nitro groups is 1. The first-order chi connectivity index (χ1) is 9.54. The molecule has 0 radical (unpaired) electrons. The maximum absolute atomic E-state index is 11.7. The van der Waals surface area contributed by atoms with E-state index in [2.05, 4.69) is 5.32 Å². The Bertz CT molecular complexity index is 673. The number of furan rings is 1. The topological polar surface area (TPSA) is 85.4 Å². The molecule has 1 N–H and O–H groups in total. The molecule has 0 saturated carbocycles. The lowest BCUT2D eigenvalue weighted by molar-refractivity contribution is -0.402. The Morgan fingerprint density at radius 3 is 2.80 bits per heavy atom. The Morgan fingerprint density at radius 2 is 2.15 bits per heavy atom. The lowest BCUT2D eigenvalue weighted by Crippen LogP contribution is -2.07. The molecular weight excluding hydrogens is 260 g/mol. The average molecular weight is 272 g/mol. The van der Waals surface area contributed by atoms with E-state index in [9.17, 15) is 14.9 Å². The number of benzene rings is 1. The summed E-state index contributed by atoms with van der Waals surface area (Å²) in [7, 11) is 0. The largest absolute Gasteiger partial charge is 0.433 e. The summed E-state index contributed by atoms with van der Waals surface area (Å²) in [6.07, 6.45) is 2.63. The van der Waals surface area contributed by atoms with E-state index in [1.807, 2.05) is 25.1 Å². The van der Waals surface area contributed by atoms with Gasteiger partial charge < -0.3 is 9.73 Å². The van der Waals surface area contributed by atoms with Crippen LogP contribution in [-0.2, 0) is 4.79 Å². The number of amides is 1. The van der Waals surface area contributed by atoms with Crippen molar-refractivity contribution in [1.82, 2.24) is 0 Å². The number of aryl methyl sites for hydroxylation is 1. The summed E-state index contributed by atoms with van der Waals surface area (Å²) in [5, 5.41) is 13.1. The van der Waals surface area contributed by atoms with Crippen molar-refractivity contribution in [3.63, 3.8) is 0 Å². The van der Waals surface area contributed by atoms with Gasteiger partial charge in [-0.25, -0.2) is 0 Å². The summed E-state index contributed by atoms with van der Waals surface area (Å²) in [6, 6.07) is 10.0. The highest BCUT2D eigenvalue weighted by Gasteiger charge is 2.10. The summed E-state index contributed by atoms with van der Waals surface area (Å²) in [4.78, 5) is 21.5. The Kier molecular flexibility index (Phi) is 3.95. The number of nitrogens with zero attached hydrogens (tertiary/aromatic N) is 1. The molecule has 1 amide bonds. The highest BCUT2D eigenvalue weighted by atomic mass is 16.6. The second-order valence-corrected chi connectivity index (χ2v) is 4.13. The van der Waals surface area contributed by atoms with Crippen LogP contribution < -0.4 is 5.32 Å².